The van der Waals surface area contributed by atoms with Crippen LogP contribution in [-0.2, 0) is 27.4 Å². The van der Waals surface area contributed by atoms with Gasteiger partial charge in [0.2, 0.25) is 0 Å². The summed E-state index contributed by atoms with van der Waals surface area (Å²) < 4.78 is 16.4. The Hall–Kier alpha value is -0.900. The van der Waals surface area contributed by atoms with E-state index in [1.807, 2.05) is 14.0 Å². The number of nitrogens with zero attached hydrogens (tertiary/aromatic N) is 2. The van der Waals surface area contributed by atoms with Gasteiger partial charge in [0.15, 0.2) is 5.96 Å². The molecule has 6 nitrogen and oxygen atoms in total. The van der Waals surface area contributed by atoms with Gasteiger partial charge in [-0.3, -0.25) is 4.99 Å². The third-order valence-electron chi connectivity index (χ3n) is 5.07. The Kier molecular flexibility index (Phi) is 14.3. The first-order valence-electron chi connectivity index (χ1n) is 10.5. The van der Waals surface area contributed by atoms with Crippen LogP contribution < -0.4 is 5.32 Å². The van der Waals surface area contributed by atoms with Crippen LogP contribution in [0.5, 0.6) is 0 Å². The summed E-state index contributed by atoms with van der Waals surface area (Å²) in [6.45, 7) is 8.19. The van der Waals surface area contributed by atoms with Gasteiger partial charge >= 0.3 is 0 Å². The maximum Gasteiger partial charge on any atom is 0.193 e. The molecule has 0 spiro atoms. The topological polar surface area (TPSA) is 55.3 Å². The third-order valence-corrected chi connectivity index (χ3v) is 5.07. The highest BCUT2D eigenvalue weighted by Crippen LogP contribution is 2.18. The molecule has 166 valence electrons. The smallest absolute Gasteiger partial charge is 0.193 e. The molecule has 1 fully saturated rings. The van der Waals surface area contributed by atoms with E-state index in [2.05, 4.69) is 46.5 Å². The van der Waals surface area contributed by atoms with Crippen molar-refractivity contribution in [2.45, 2.75) is 39.3 Å². The monoisotopic (exact) mass is 519 g/mol. The normalized spacial score (nSPS) is 15.1. The molecule has 0 bridgehead atoms. The number of ether oxygens (including phenoxy) is 3. The van der Waals surface area contributed by atoms with Gasteiger partial charge in [0.05, 0.1) is 19.8 Å². The molecule has 0 radical (unpaired) electrons. The van der Waals surface area contributed by atoms with Crippen LogP contribution in [0.15, 0.2) is 29.3 Å². The van der Waals surface area contributed by atoms with Crippen molar-refractivity contribution in [1.29, 1.82) is 0 Å². The van der Waals surface area contributed by atoms with Gasteiger partial charge in [0.1, 0.15) is 0 Å². The average Bonchev–Trinajstić information content (AvgIpc) is 2.73. The van der Waals surface area contributed by atoms with E-state index in [0.717, 1.165) is 44.8 Å². The molecule has 1 aliphatic heterocycles. The summed E-state index contributed by atoms with van der Waals surface area (Å²) >= 11 is 0. The van der Waals surface area contributed by atoms with E-state index in [1.54, 1.807) is 0 Å². The Morgan fingerprint density at radius 2 is 1.93 bits per heavy atom. The molecule has 0 aliphatic carbocycles. The quantitative estimate of drug-likeness (QED) is 0.209. The zero-order valence-corrected chi connectivity index (χ0v) is 20.5. The highest BCUT2D eigenvalue weighted by molar-refractivity contribution is 14.0. The molecule has 0 amide bonds. The van der Waals surface area contributed by atoms with E-state index in [0.29, 0.717) is 19.8 Å². The van der Waals surface area contributed by atoms with Gasteiger partial charge in [-0.05, 0) is 43.2 Å². The van der Waals surface area contributed by atoms with E-state index in [9.17, 15) is 0 Å². The number of rotatable bonds is 11. The Labute approximate surface area is 193 Å². The lowest BCUT2D eigenvalue weighted by Crippen LogP contribution is -2.39. The van der Waals surface area contributed by atoms with Crippen LogP contribution in [0.4, 0.5) is 0 Å². The first-order valence-corrected chi connectivity index (χ1v) is 10.5. The molecular weight excluding hydrogens is 481 g/mol. The highest BCUT2D eigenvalue weighted by atomic mass is 127. The van der Waals surface area contributed by atoms with Gasteiger partial charge in [-0.15, -0.1) is 24.0 Å². The zero-order valence-electron chi connectivity index (χ0n) is 18.2. The summed E-state index contributed by atoms with van der Waals surface area (Å²) in [6.07, 6.45) is 3.55. The predicted octanol–water partition coefficient (Wildman–Crippen LogP) is 3.68. The second-order valence-corrected chi connectivity index (χ2v) is 7.24. The Morgan fingerprint density at radius 1 is 1.21 bits per heavy atom. The van der Waals surface area contributed by atoms with E-state index >= 15 is 0 Å². The van der Waals surface area contributed by atoms with Crippen molar-refractivity contribution in [3.05, 3.63) is 35.4 Å². The molecule has 0 aromatic heterocycles. The third kappa shape index (κ3) is 10.6. The molecule has 0 unspecified atom stereocenters. The van der Waals surface area contributed by atoms with Gasteiger partial charge in [-0.25, -0.2) is 0 Å². The van der Waals surface area contributed by atoms with E-state index in [1.165, 1.54) is 30.4 Å². The summed E-state index contributed by atoms with van der Waals surface area (Å²) in [5, 5.41) is 3.47. The van der Waals surface area contributed by atoms with Crippen molar-refractivity contribution >= 4 is 29.9 Å². The largest absolute Gasteiger partial charge is 0.381 e. The Balaban J connectivity index is 0.00000420. The first kappa shape index (κ1) is 26.1. The van der Waals surface area contributed by atoms with Crippen LogP contribution in [0.2, 0.25) is 0 Å². The van der Waals surface area contributed by atoms with Crippen LogP contribution in [0.25, 0.3) is 0 Å². The summed E-state index contributed by atoms with van der Waals surface area (Å²) in [7, 11) is 3.95. The Bertz CT molecular complexity index is 580. The molecule has 1 N–H and O–H groups in total. The lowest BCUT2D eigenvalue weighted by atomic mass is 9.96. The molecule has 1 aliphatic rings. The maximum atomic E-state index is 5.67. The number of aliphatic imine (C=N–C) groups is 1. The standard InChI is InChI=1S/C22H37N3O3.HI/c1-4-26-14-15-28-18-21-7-5-6-20(16-21)17-24-22(23-2)25(3)11-8-19-9-12-27-13-10-19;/h5-7,16,19H,4,8-15,17-18H2,1-3H3,(H,23,24);1H. The number of nitrogens with one attached hydrogen (secondary N) is 1. The van der Waals surface area contributed by atoms with Crippen LogP contribution in [0.3, 0.4) is 0 Å². The number of hydrogen-bond donors (Lipinski definition) is 1. The van der Waals surface area contributed by atoms with Gasteiger partial charge in [-0.1, -0.05) is 24.3 Å². The van der Waals surface area contributed by atoms with Crippen LogP contribution in [-0.4, -0.2) is 64.5 Å². The lowest BCUT2D eigenvalue weighted by molar-refractivity contribution is 0.0453. The first-order chi connectivity index (χ1) is 13.7. The molecule has 1 aromatic rings. The van der Waals surface area contributed by atoms with Gasteiger partial charge in [0.25, 0.3) is 0 Å². The molecule has 2 rings (SSSR count). The molecule has 0 saturated carbocycles. The summed E-state index contributed by atoms with van der Waals surface area (Å²) in [5.74, 6) is 1.71. The second-order valence-electron chi connectivity index (χ2n) is 7.24. The van der Waals surface area contributed by atoms with Crippen molar-refractivity contribution in [2.75, 3.05) is 53.7 Å². The fourth-order valence-corrected chi connectivity index (χ4v) is 3.36. The fourth-order valence-electron chi connectivity index (χ4n) is 3.36. The fraction of sp³-hybridized carbons (Fsp3) is 0.682. The van der Waals surface area contributed by atoms with Gasteiger partial charge in [-0.2, -0.15) is 0 Å². The van der Waals surface area contributed by atoms with E-state index < -0.39 is 0 Å². The molecule has 29 heavy (non-hydrogen) atoms. The van der Waals surface area contributed by atoms with Crippen molar-refractivity contribution in [3.8, 4) is 0 Å². The lowest BCUT2D eigenvalue weighted by Gasteiger charge is -2.27. The minimum Gasteiger partial charge on any atom is -0.381 e. The molecule has 1 saturated heterocycles. The van der Waals surface area contributed by atoms with Crippen LogP contribution in [0.1, 0.15) is 37.3 Å². The van der Waals surface area contributed by atoms with E-state index in [4.69, 9.17) is 14.2 Å². The molecular formula is C22H38IN3O3. The van der Waals surface area contributed by atoms with Crippen molar-refractivity contribution in [1.82, 2.24) is 10.2 Å². The summed E-state index contributed by atoms with van der Waals surface area (Å²) in [5.41, 5.74) is 2.41. The van der Waals surface area contributed by atoms with Crippen molar-refractivity contribution < 1.29 is 14.2 Å². The number of halogens is 1. The van der Waals surface area contributed by atoms with Gasteiger partial charge in [0, 0.05) is 47.0 Å². The van der Waals surface area contributed by atoms with Crippen molar-refractivity contribution in [2.24, 2.45) is 10.9 Å². The summed E-state index contributed by atoms with van der Waals surface area (Å²) in [4.78, 5) is 6.65. The number of guanidine groups is 1. The predicted molar refractivity (Wildman–Crippen MR) is 129 cm³/mol. The molecule has 1 aromatic carbocycles. The SMILES string of the molecule is CCOCCOCc1cccc(CNC(=NC)N(C)CCC2CCOCC2)c1.I. The minimum atomic E-state index is 0. The number of hydrogen-bond acceptors (Lipinski definition) is 4. The zero-order chi connectivity index (χ0) is 20.0. The molecule has 7 heteroatoms. The maximum absolute atomic E-state index is 5.67. The van der Waals surface area contributed by atoms with Crippen molar-refractivity contribution in [3.63, 3.8) is 0 Å². The Morgan fingerprint density at radius 3 is 2.66 bits per heavy atom. The molecule has 0 atom stereocenters. The second kappa shape index (κ2) is 15.9. The molecule has 1 heterocycles. The van der Waals surface area contributed by atoms with Crippen LogP contribution in [0, 0.1) is 5.92 Å². The van der Waals surface area contributed by atoms with Crippen LogP contribution >= 0.6 is 24.0 Å². The minimum absolute atomic E-state index is 0. The number of benzene rings is 1. The van der Waals surface area contributed by atoms with E-state index in [-0.39, 0.29) is 24.0 Å². The highest BCUT2D eigenvalue weighted by Gasteiger charge is 2.15. The van der Waals surface area contributed by atoms with Gasteiger partial charge < -0.3 is 24.4 Å². The summed E-state index contributed by atoms with van der Waals surface area (Å²) in [6, 6.07) is 8.49. The average molecular weight is 519 g/mol.